The molecule has 0 aliphatic heterocycles. The molecular formula is C14H17ClN2. The maximum absolute atomic E-state index is 8.95. The van der Waals surface area contributed by atoms with Gasteiger partial charge < -0.3 is 0 Å². The number of pyridine rings is 1. The Morgan fingerprint density at radius 1 is 1.41 bits per heavy atom. The van der Waals surface area contributed by atoms with Gasteiger partial charge in [-0.2, -0.15) is 5.26 Å². The lowest BCUT2D eigenvalue weighted by Crippen LogP contribution is -2.07. The standard InChI is InChI=1S/C14H17ClN2/c1-8(2)14-13(9(3)10-4-5-10)12(15)6-11(7-16)17-14/h6,8-10H,4-5H2,1-3H3. The van der Waals surface area contributed by atoms with Crippen LogP contribution in [0.2, 0.25) is 5.02 Å². The predicted molar refractivity (Wildman–Crippen MR) is 69.2 cm³/mol. The fourth-order valence-corrected chi connectivity index (χ4v) is 2.69. The van der Waals surface area contributed by atoms with Crippen LogP contribution in [0.15, 0.2) is 6.07 Å². The lowest BCUT2D eigenvalue weighted by molar-refractivity contribution is 0.639. The Morgan fingerprint density at radius 3 is 2.53 bits per heavy atom. The summed E-state index contributed by atoms with van der Waals surface area (Å²) in [6, 6.07) is 3.77. The van der Waals surface area contributed by atoms with Crippen molar-refractivity contribution in [2.24, 2.45) is 5.92 Å². The zero-order chi connectivity index (χ0) is 12.6. The molecule has 0 saturated heterocycles. The monoisotopic (exact) mass is 248 g/mol. The van der Waals surface area contributed by atoms with Gasteiger partial charge in [-0.15, -0.1) is 0 Å². The minimum absolute atomic E-state index is 0.303. The van der Waals surface area contributed by atoms with E-state index in [1.807, 2.05) is 0 Å². The van der Waals surface area contributed by atoms with Gasteiger partial charge in [0.15, 0.2) is 0 Å². The van der Waals surface area contributed by atoms with Gasteiger partial charge in [0.25, 0.3) is 0 Å². The van der Waals surface area contributed by atoms with Crippen LogP contribution in [-0.2, 0) is 0 Å². The normalized spacial score (nSPS) is 16.9. The molecule has 3 heteroatoms. The van der Waals surface area contributed by atoms with Crippen LogP contribution in [0.1, 0.15) is 62.4 Å². The molecule has 90 valence electrons. The van der Waals surface area contributed by atoms with E-state index < -0.39 is 0 Å². The first kappa shape index (κ1) is 12.4. The van der Waals surface area contributed by atoms with Gasteiger partial charge in [0.05, 0.1) is 0 Å². The second kappa shape index (κ2) is 4.66. The average molecular weight is 249 g/mol. The van der Waals surface area contributed by atoms with E-state index in [4.69, 9.17) is 16.9 Å². The van der Waals surface area contributed by atoms with Crippen molar-refractivity contribution < 1.29 is 0 Å². The van der Waals surface area contributed by atoms with Crippen molar-refractivity contribution in [2.75, 3.05) is 0 Å². The lowest BCUT2D eigenvalue weighted by Gasteiger charge is -2.19. The highest BCUT2D eigenvalue weighted by Crippen LogP contribution is 2.46. The lowest BCUT2D eigenvalue weighted by atomic mass is 9.90. The van der Waals surface area contributed by atoms with E-state index in [2.05, 4.69) is 31.8 Å². The molecule has 1 aromatic rings. The number of nitriles is 1. The van der Waals surface area contributed by atoms with E-state index >= 15 is 0 Å². The van der Waals surface area contributed by atoms with Gasteiger partial charge in [0.2, 0.25) is 0 Å². The van der Waals surface area contributed by atoms with Crippen LogP contribution in [0, 0.1) is 17.2 Å². The minimum atomic E-state index is 0.303. The second-order valence-corrected chi connectivity index (χ2v) is 5.59. The Hall–Kier alpha value is -1.07. The van der Waals surface area contributed by atoms with Crippen LogP contribution in [-0.4, -0.2) is 4.98 Å². The molecule has 2 rings (SSSR count). The van der Waals surface area contributed by atoms with Crippen LogP contribution in [0.3, 0.4) is 0 Å². The molecule has 1 saturated carbocycles. The molecule has 0 N–H and O–H groups in total. The van der Waals surface area contributed by atoms with Crippen molar-refractivity contribution in [1.29, 1.82) is 5.26 Å². The number of hydrogen-bond donors (Lipinski definition) is 0. The highest BCUT2D eigenvalue weighted by Gasteiger charge is 2.32. The molecule has 0 amide bonds. The summed E-state index contributed by atoms with van der Waals surface area (Å²) in [6.45, 7) is 6.42. The average Bonchev–Trinajstić information content (AvgIpc) is 3.10. The van der Waals surface area contributed by atoms with E-state index in [0.717, 1.165) is 17.2 Å². The molecule has 1 atom stereocenters. The summed E-state index contributed by atoms with van der Waals surface area (Å²) in [6.07, 6.45) is 2.57. The Labute approximate surface area is 108 Å². The molecule has 1 aliphatic carbocycles. The smallest absolute Gasteiger partial charge is 0.142 e. The minimum Gasteiger partial charge on any atom is -0.241 e. The van der Waals surface area contributed by atoms with E-state index in [9.17, 15) is 0 Å². The van der Waals surface area contributed by atoms with Crippen molar-refractivity contribution in [3.05, 3.63) is 28.0 Å². The summed E-state index contributed by atoms with van der Waals surface area (Å²) in [5.41, 5.74) is 2.57. The summed E-state index contributed by atoms with van der Waals surface area (Å²) in [5, 5.41) is 9.66. The van der Waals surface area contributed by atoms with Gasteiger partial charge in [-0.05, 0) is 42.2 Å². The summed E-state index contributed by atoms with van der Waals surface area (Å²) < 4.78 is 0. The molecule has 1 unspecified atom stereocenters. The molecular weight excluding hydrogens is 232 g/mol. The molecule has 17 heavy (non-hydrogen) atoms. The van der Waals surface area contributed by atoms with Gasteiger partial charge >= 0.3 is 0 Å². The van der Waals surface area contributed by atoms with Gasteiger partial charge in [-0.3, -0.25) is 0 Å². The molecule has 0 aromatic carbocycles. The Balaban J connectivity index is 2.51. The largest absolute Gasteiger partial charge is 0.241 e. The zero-order valence-electron chi connectivity index (χ0n) is 10.5. The first-order valence-corrected chi connectivity index (χ1v) is 6.52. The molecule has 0 bridgehead atoms. The quantitative estimate of drug-likeness (QED) is 0.802. The topological polar surface area (TPSA) is 36.7 Å². The Bertz CT molecular complexity index is 470. The number of nitrogens with zero attached hydrogens (tertiary/aromatic N) is 2. The third kappa shape index (κ3) is 2.45. The second-order valence-electron chi connectivity index (χ2n) is 5.18. The molecule has 0 spiro atoms. The van der Waals surface area contributed by atoms with E-state index in [1.54, 1.807) is 6.07 Å². The van der Waals surface area contributed by atoms with Crippen molar-refractivity contribution >= 4 is 11.6 Å². The first-order valence-electron chi connectivity index (χ1n) is 6.15. The highest BCUT2D eigenvalue weighted by atomic mass is 35.5. The third-order valence-electron chi connectivity index (χ3n) is 3.48. The first-order chi connectivity index (χ1) is 8.04. The van der Waals surface area contributed by atoms with Crippen LogP contribution in [0.5, 0.6) is 0 Å². The van der Waals surface area contributed by atoms with Crippen molar-refractivity contribution in [2.45, 2.75) is 45.4 Å². The summed E-state index contributed by atoms with van der Waals surface area (Å²) >= 11 is 6.33. The Kier molecular flexibility index (Phi) is 3.40. The summed E-state index contributed by atoms with van der Waals surface area (Å²) in [7, 11) is 0. The third-order valence-corrected chi connectivity index (χ3v) is 3.80. The molecule has 1 fully saturated rings. The van der Waals surface area contributed by atoms with Gasteiger partial charge in [0, 0.05) is 10.7 Å². The van der Waals surface area contributed by atoms with Gasteiger partial charge in [-0.1, -0.05) is 32.4 Å². The maximum Gasteiger partial charge on any atom is 0.142 e. The van der Waals surface area contributed by atoms with E-state index in [0.29, 0.717) is 22.6 Å². The van der Waals surface area contributed by atoms with Crippen molar-refractivity contribution in [3.8, 4) is 6.07 Å². The fourth-order valence-electron chi connectivity index (χ4n) is 2.32. The van der Waals surface area contributed by atoms with Crippen LogP contribution < -0.4 is 0 Å². The molecule has 1 heterocycles. The van der Waals surface area contributed by atoms with E-state index in [1.165, 1.54) is 12.8 Å². The number of halogens is 1. The highest BCUT2D eigenvalue weighted by molar-refractivity contribution is 6.31. The Morgan fingerprint density at radius 2 is 2.06 bits per heavy atom. The molecule has 0 radical (unpaired) electrons. The van der Waals surface area contributed by atoms with Crippen LogP contribution in [0.4, 0.5) is 0 Å². The molecule has 1 aromatic heterocycles. The van der Waals surface area contributed by atoms with Crippen LogP contribution >= 0.6 is 11.6 Å². The van der Waals surface area contributed by atoms with E-state index in [-0.39, 0.29) is 0 Å². The van der Waals surface area contributed by atoms with Crippen molar-refractivity contribution in [3.63, 3.8) is 0 Å². The molecule has 2 nitrogen and oxygen atoms in total. The SMILES string of the molecule is CC(C)c1nc(C#N)cc(Cl)c1C(C)C1CC1. The number of aromatic nitrogens is 1. The molecule has 1 aliphatic rings. The predicted octanol–water partition coefficient (Wildman–Crippen LogP) is 4.24. The van der Waals surface area contributed by atoms with Crippen molar-refractivity contribution in [1.82, 2.24) is 4.98 Å². The number of hydrogen-bond acceptors (Lipinski definition) is 2. The van der Waals surface area contributed by atoms with Crippen LogP contribution in [0.25, 0.3) is 0 Å². The summed E-state index contributed by atoms with van der Waals surface area (Å²) in [5.74, 6) is 1.51. The fraction of sp³-hybridized carbons (Fsp3) is 0.571. The van der Waals surface area contributed by atoms with Gasteiger partial charge in [-0.25, -0.2) is 4.98 Å². The zero-order valence-corrected chi connectivity index (χ0v) is 11.3. The number of rotatable bonds is 3. The summed E-state index contributed by atoms with van der Waals surface area (Å²) in [4.78, 5) is 4.44. The maximum atomic E-state index is 8.95. The van der Waals surface area contributed by atoms with Gasteiger partial charge in [0.1, 0.15) is 11.8 Å².